The fraction of sp³-hybridized carbons (Fsp3) is 0.188. The Kier molecular flexibility index (Phi) is 4.85. The molecule has 0 N–H and O–H groups in total. The van der Waals surface area contributed by atoms with Crippen LogP contribution < -0.4 is 4.74 Å². The smallest absolute Gasteiger partial charge is 0.150 e. The van der Waals surface area contributed by atoms with Gasteiger partial charge in [0.2, 0.25) is 0 Å². The molecule has 0 fully saturated rings. The Hall–Kier alpha value is -2.20. The van der Waals surface area contributed by atoms with Gasteiger partial charge in [-0.15, -0.1) is 0 Å². The average molecular weight is 274 g/mol. The first kappa shape index (κ1) is 14.2. The Labute approximate surface area is 117 Å². The van der Waals surface area contributed by atoms with Crippen molar-refractivity contribution in [2.24, 2.45) is 0 Å². The van der Waals surface area contributed by atoms with Crippen LogP contribution >= 0.6 is 0 Å². The molecule has 4 heteroatoms. The molecule has 20 heavy (non-hydrogen) atoms. The second-order valence-corrected chi connectivity index (χ2v) is 4.19. The number of hydrogen-bond acceptors (Lipinski definition) is 3. The number of para-hydroxylation sites is 1. The second-order valence-electron chi connectivity index (χ2n) is 4.19. The van der Waals surface area contributed by atoms with E-state index in [1.165, 1.54) is 6.07 Å². The van der Waals surface area contributed by atoms with Crippen LogP contribution in [0.2, 0.25) is 0 Å². The average Bonchev–Trinajstić information content (AvgIpc) is 2.48. The van der Waals surface area contributed by atoms with Gasteiger partial charge in [-0.2, -0.15) is 0 Å². The highest BCUT2D eigenvalue weighted by molar-refractivity contribution is 5.78. The van der Waals surface area contributed by atoms with Crippen molar-refractivity contribution in [1.29, 1.82) is 0 Å². The first-order chi connectivity index (χ1) is 9.76. The normalized spacial score (nSPS) is 10.3. The summed E-state index contributed by atoms with van der Waals surface area (Å²) in [4.78, 5) is 10.6. The van der Waals surface area contributed by atoms with Crippen molar-refractivity contribution in [2.45, 2.75) is 0 Å². The number of hydrogen-bond donors (Lipinski definition) is 0. The highest BCUT2D eigenvalue weighted by Crippen LogP contribution is 2.31. The Morgan fingerprint density at radius 2 is 1.90 bits per heavy atom. The lowest BCUT2D eigenvalue weighted by atomic mass is 10.0. The molecular formula is C16H15FO3. The molecule has 2 aromatic rings. The van der Waals surface area contributed by atoms with Crippen LogP contribution in [0.1, 0.15) is 10.4 Å². The predicted octanol–water partition coefficient (Wildman–Crippen LogP) is 3.33. The molecule has 0 aliphatic carbocycles. The molecule has 0 spiro atoms. The minimum absolute atomic E-state index is 0.309. The Bertz CT molecular complexity index is 596. The monoisotopic (exact) mass is 274 g/mol. The summed E-state index contributed by atoms with van der Waals surface area (Å²) in [5.74, 6) is 0.139. The van der Waals surface area contributed by atoms with Gasteiger partial charge in [0, 0.05) is 23.8 Å². The van der Waals surface area contributed by atoms with Gasteiger partial charge in [0.15, 0.2) is 0 Å². The van der Waals surface area contributed by atoms with E-state index in [1.54, 1.807) is 31.4 Å². The number of methoxy groups -OCH3 is 1. The van der Waals surface area contributed by atoms with E-state index < -0.39 is 5.82 Å². The summed E-state index contributed by atoms with van der Waals surface area (Å²) in [6.07, 6.45) is 0.619. The summed E-state index contributed by atoms with van der Waals surface area (Å²) in [7, 11) is 1.59. The Morgan fingerprint density at radius 1 is 1.10 bits per heavy atom. The molecule has 2 rings (SSSR count). The SMILES string of the molecule is COCCOc1ccccc1-c1ccc(C=O)cc1F. The van der Waals surface area contributed by atoms with E-state index in [2.05, 4.69) is 0 Å². The van der Waals surface area contributed by atoms with Gasteiger partial charge in [-0.1, -0.05) is 30.3 Å². The van der Waals surface area contributed by atoms with Gasteiger partial charge in [-0.25, -0.2) is 4.39 Å². The maximum absolute atomic E-state index is 14.1. The summed E-state index contributed by atoms with van der Waals surface area (Å²) in [5.41, 5.74) is 1.37. The largest absolute Gasteiger partial charge is 0.491 e. The van der Waals surface area contributed by atoms with Crippen LogP contribution in [0.25, 0.3) is 11.1 Å². The quantitative estimate of drug-likeness (QED) is 0.598. The Morgan fingerprint density at radius 3 is 2.60 bits per heavy atom. The summed E-state index contributed by atoms with van der Waals surface area (Å²) >= 11 is 0. The first-order valence-electron chi connectivity index (χ1n) is 6.22. The van der Waals surface area contributed by atoms with Crippen molar-refractivity contribution < 1.29 is 18.7 Å². The van der Waals surface area contributed by atoms with Crippen LogP contribution in [0, 0.1) is 5.82 Å². The zero-order valence-corrected chi connectivity index (χ0v) is 11.1. The molecule has 0 amide bonds. The van der Waals surface area contributed by atoms with E-state index in [1.807, 2.05) is 12.1 Å². The number of carbonyl (C=O) groups excluding carboxylic acids is 1. The second kappa shape index (κ2) is 6.82. The zero-order valence-electron chi connectivity index (χ0n) is 11.1. The van der Waals surface area contributed by atoms with E-state index in [9.17, 15) is 9.18 Å². The lowest BCUT2D eigenvalue weighted by Crippen LogP contribution is -2.05. The maximum atomic E-state index is 14.1. The molecule has 0 saturated carbocycles. The number of benzene rings is 2. The molecule has 0 radical (unpaired) electrons. The van der Waals surface area contributed by atoms with Gasteiger partial charge < -0.3 is 9.47 Å². The molecular weight excluding hydrogens is 259 g/mol. The molecule has 0 bridgehead atoms. The van der Waals surface area contributed by atoms with Crippen LogP contribution in [0.4, 0.5) is 4.39 Å². The van der Waals surface area contributed by atoms with Crippen LogP contribution in [-0.2, 0) is 4.74 Å². The standard InChI is InChI=1S/C16H15FO3/c1-19-8-9-20-16-5-3-2-4-14(16)13-7-6-12(11-18)10-15(13)17/h2-7,10-11H,8-9H2,1H3. The number of halogens is 1. The van der Waals surface area contributed by atoms with E-state index in [0.29, 0.717) is 41.9 Å². The molecule has 0 aliphatic rings. The van der Waals surface area contributed by atoms with Gasteiger partial charge in [0.1, 0.15) is 24.5 Å². The van der Waals surface area contributed by atoms with Gasteiger partial charge in [0.25, 0.3) is 0 Å². The molecule has 2 aromatic carbocycles. The van der Waals surface area contributed by atoms with E-state index >= 15 is 0 Å². The number of rotatable bonds is 6. The summed E-state index contributed by atoms with van der Waals surface area (Å²) in [6, 6.07) is 11.6. The van der Waals surface area contributed by atoms with Crippen molar-refractivity contribution in [2.75, 3.05) is 20.3 Å². The minimum atomic E-state index is -0.447. The van der Waals surface area contributed by atoms with E-state index in [0.717, 1.165) is 0 Å². The van der Waals surface area contributed by atoms with E-state index in [4.69, 9.17) is 9.47 Å². The van der Waals surface area contributed by atoms with Gasteiger partial charge in [-0.05, 0) is 12.1 Å². The predicted molar refractivity (Wildman–Crippen MR) is 74.6 cm³/mol. The van der Waals surface area contributed by atoms with Crippen molar-refractivity contribution in [3.63, 3.8) is 0 Å². The summed E-state index contributed by atoms with van der Waals surface area (Å²) in [5, 5.41) is 0. The fourth-order valence-electron chi connectivity index (χ4n) is 1.87. The molecule has 3 nitrogen and oxygen atoms in total. The lowest BCUT2D eigenvalue weighted by molar-refractivity contribution is 0.112. The molecule has 0 aromatic heterocycles. The lowest BCUT2D eigenvalue weighted by Gasteiger charge is -2.12. The van der Waals surface area contributed by atoms with Crippen LogP contribution in [0.15, 0.2) is 42.5 Å². The third-order valence-corrected chi connectivity index (χ3v) is 2.85. The highest BCUT2D eigenvalue weighted by Gasteiger charge is 2.11. The maximum Gasteiger partial charge on any atom is 0.150 e. The minimum Gasteiger partial charge on any atom is -0.491 e. The van der Waals surface area contributed by atoms with Crippen molar-refractivity contribution in [1.82, 2.24) is 0 Å². The van der Waals surface area contributed by atoms with Crippen molar-refractivity contribution in [3.05, 3.63) is 53.8 Å². The molecule has 0 unspecified atom stereocenters. The fourth-order valence-corrected chi connectivity index (χ4v) is 1.87. The van der Waals surface area contributed by atoms with Gasteiger partial charge >= 0.3 is 0 Å². The van der Waals surface area contributed by atoms with Gasteiger partial charge in [0.05, 0.1) is 6.61 Å². The third kappa shape index (κ3) is 3.22. The van der Waals surface area contributed by atoms with Crippen LogP contribution in [0.3, 0.4) is 0 Å². The zero-order chi connectivity index (χ0) is 14.4. The Balaban J connectivity index is 2.34. The summed E-state index contributed by atoms with van der Waals surface area (Å²) < 4.78 is 24.6. The van der Waals surface area contributed by atoms with Crippen LogP contribution in [0.5, 0.6) is 5.75 Å². The number of ether oxygens (including phenoxy) is 2. The van der Waals surface area contributed by atoms with Crippen molar-refractivity contribution in [3.8, 4) is 16.9 Å². The summed E-state index contributed by atoms with van der Waals surface area (Å²) in [6.45, 7) is 0.850. The molecule has 104 valence electrons. The molecule has 0 aliphatic heterocycles. The number of aldehydes is 1. The molecule has 0 atom stereocenters. The van der Waals surface area contributed by atoms with E-state index in [-0.39, 0.29) is 0 Å². The first-order valence-corrected chi connectivity index (χ1v) is 6.22. The highest BCUT2D eigenvalue weighted by atomic mass is 19.1. The topological polar surface area (TPSA) is 35.5 Å². The van der Waals surface area contributed by atoms with Crippen LogP contribution in [-0.4, -0.2) is 26.6 Å². The number of carbonyl (C=O) groups is 1. The third-order valence-electron chi connectivity index (χ3n) is 2.85. The van der Waals surface area contributed by atoms with Gasteiger partial charge in [-0.3, -0.25) is 4.79 Å². The molecule has 0 saturated heterocycles. The molecule has 0 heterocycles. The van der Waals surface area contributed by atoms with Crippen molar-refractivity contribution >= 4 is 6.29 Å².